The molecule has 0 aliphatic carbocycles. The monoisotopic (exact) mass is 528 g/mol. The van der Waals surface area contributed by atoms with E-state index in [4.69, 9.17) is 21.1 Å². The van der Waals surface area contributed by atoms with Crippen LogP contribution in [0.25, 0.3) is 0 Å². The predicted octanol–water partition coefficient (Wildman–Crippen LogP) is 2.66. The van der Waals surface area contributed by atoms with Gasteiger partial charge in [0.25, 0.3) is 5.91 Å². The first-order chi connectivity index (χ1) is 17.9. The van der Waals surface area contributed by atoms with E-state index in [1.807, 2.05) is 37.3 Å². The van der Waals surface area contributed by atoms with Crippen molar-refractivity contribution in [2.45, 2.75) is 44.8 Å². The summed E-state index contributed by atoms with van der Waals surface area (Å²) in [6.45, 7) is 3.77. The lowest BCUT2D eigenvalue weighted by Gasteiger charge is -2.33. The molecule has 0 radical (unpaired) electrons. The Morgan fingerprint density at radius 2 is 1.97 bits per heavy atom. The van der Waals surface area contributed by atoms with Crippen LogP contribution in [0.2, 0.25) is 5.02 Å². The van der Waals surface area contributed by atoms with Gasteiger partial charge in [0.15, 0.2) is 6.61 Å². The molecule has 0 aromatic heterocycles. The van der Waals surface area contributed by atoms with Gasteiger partial charge in [-0.2, -0.15) is 5.10 Å². The smallest absolute Gasteiger partial charge is 0.260 e. The normalized spacial score (nSPS) is 17.1. The summed E-state index contributed by atoms with van der Waals surface area (Å²) in [7, 11) is 0. The van der Waals surface area contributed by atoms with E-state index in [1.54, 1.807) is 17.0 Å². The third kappa shape index (κ3) is 7.67. The molecular formula is C27H33ClN4O5. The van der Waals surface area contributed by atoms with Gasteiger partial charge < -0.3 is 24.8 Å². The molecule has 2 aliphatic heterocycles. The number of nitrogens with zero attached hydrogens (tertiary/aromatic N) is 2. The van der Waals surface area contributed by atoms with Gasteiger partial charge in [0.2, 0.25) is 5.91 Å². The minimum atomic E-state index is -0.618. The van der Waals surface area contributed by atoms with Gasteiger partial charge in [-0.15, -0.1) is 0 Å². The van der Waals surface area contributed by atoms with Crippen molar-refractivity contribution >= 4 is 29.1 Å². The number of carbonyl (C=O) groups is 2. The molecule has 9 nitrogen and oxygen atoms in total. The second-order valence-corrected chi connectivity index (χ2v) is 9.73. The van der Waals surface area contributed by atoms with Crippen LogP contribution in [0.1, 0.15) is 36.8 Å². The van der Waals surface area contributed by atoms with E-state index in [-0.39, 0.29) is 31.1 Å². The average molecular weight is 529 g/mol. The molecule has 37 heavy (non-hydrogen) atoms. The van der Waals surface area contributed by atoms with E-state index < -0.39 is 6.10 Å². The molecule has 1 atom stereocenters. The van der Waals surface area contributed by atoms with E-state index in [9.17, 15) is 14.7 Å². The number of hydrazone groups is 1. The first-order valence-corrected chi connectivity index (χ1v) is 12.9. The van der Waals surface area contributed by atoms with Crippen LogP contribution in [0.5, 0.6) is 11.5 Å². The van der Waals surface area contributed by atoms with Gasteiger partial charge in [0.1, 0.15) is 24.2 Å². The fraction of sp³-hybridized carbons (Fsp3) is 0.444. The largest absolute Gasteiger partial charge is 0.491 e. The highest BCUT2D eigenvalue weighted by Crippen LogP contribution is 2.27. The highest BCUT2D eigenvalue weighted by atomic mass is 35.5. The number of aryl methyl sites for hydroxylation is 1. The Hall–Kier alpha value is -3.14. The molecule has 10 heteroatoms. The molecule has 2 heterocycles. The number of rotatable bonds is 10. The van der Waals surface area contributed by atoms with Gasteiger partial charge in [0, 0.05) is 38.5 Å². The molecule has 0 unspecified atom stereocenters. The number of piperidine rings is 1. The van der Waals surface area contributed by atoms with Crippen LogP contribution < -0.4 is 20.2 Å². The van der Waals surface area contributed by atoms with Gasteiger partial charge in [-0.05, 0) is 55.2 Å². The fourth-order valence-corrected chi connectivity index (χ4v) is 4.54. The summed E-state index contributed by atoms with van der Waals surface area (Å²) in [4.78, 5) is 25.7. The van der Waals surface area contributed by atoms with Crippen LogP contribution in [0.4, 0.5) is 0 Å². The number of benzene rings is 2. The Kier molecular flexibility index (Phi) is 9.38. The lowest BCUT2D eigenvalue weighted by atomic mass is 10.0. The number of hydrogen-bond donors (Lipinski definition) is 3. The first-order valence-electron chi connectivity index (χ1n) is 12.5. The molecule has 2 aromatic rings. The second kappa shape index (κ2) is 12.9. The molecule has 2 aromatic carbocycles. The minimum Gasteiger partial charge on any atom is -0.491 e. The zero-order valence-corrected chi connectivity index (χ0v) is 21.7. The zero-order valence-electron chi connectivity index (χ0n) is 20.9. The van der Waals surface area contributed by atoms with E-state index in [1.165, 1.54) is 0 Å². The minimum absolute atomic E-state index is 0.0929. The van der Waals surface area contributed by atoms with Gasteiger partial charge in [-0.25, -0.2) is 5.43 Å². The molecule has 2 aliphatic rings. The maximum atomic E-state index is 12.7. The van der Waals surface area contributed by atoms with E-state index >= 15 is 0 Å². The number of aliphatic hydroxyl groups excluding tert-OH is 1. The van der Waals surface area contributed by atoms with Crippen LogP contribution in [0.15, 0.2) is 47.6 Å². The number of likely N-dealkylation sites (tertiary alicyclic amines) is 1. The van der Waals surface area contributed by atoms with Gasteiger partial charge in [0.05, 0.1) is 10.7 Å². The Labute approximate surface area is 221 Å². The Balaban J connectivity index is 1.15. The zero-order chi connectivity index (χ0) is 26.2. The van der Waals surface area contributed by atoms with Gasteiger partial charge >= 0.3 is 0 Å². The maximum Gasteiger partial charge on any atom is 0.260 e. The van der Waals surface area contributed by atoms with Crippen LogP contribution in [0, 0.1) is 6.92 Å². The Morgan fingerprint density at radius 3 is 2.68 bits per heavy atom. The lowest BCUT2D eigenvalue weighted by molar-refractivity contribution is -0.134. The summed E-state index contributed by atoms with van der Waals surface area (Å²) >= 11 is 6.36. The van der Waals surface area contributed by atoms with Crippen LogP contribution in [0.3, 0.4) is 0 Å². The molecule has 2 amide bonds. The number of ether oxygens (including phenoxy) is 2. The van der Waals surface area contributed by atoms with Crippen molar-refractivity contribution < 1.29 is 24.2 Å². The van der Waals surface area contributed by atoms with Crippen molar-refractivity contribution in [3.63, 3.8) is 0 Å². The van der Waals surface area contributed by atoms with Gasteiger partial charge in [-0.3, -0.25) is 9.59 Å². The Bertz CT molecular complexity index is 1130. The topological polar surface area (TPSA) is 112 Å². The van der Waals surface area contributed by atoms with Gasteiger partial charge in [-0.1, -0.05) is 29.8 Å². The van der Waals surface area contributed by atoms with Crippen LogP contribution in [-0.2, 0) is 9.59 Å². The van der Waals surface area contributed by atoms with Crippen molar-refractivity contribution in [2.75, 3.05) is 32.8 Å². The van der Waals surface area contributed by atoms with Crippen molar-refractivity contribution in [1.82, 2.24) is 15.6 Å². The van der Waals surface area contributed by atoms with Crippen molar-refractivity contribution in [1.29, 1.82) is 0 Å². The highest BCUT2D eigenvalue weighted by Gasteiger charge is 2.24. The molecule has 4 rings (SSSR count). The lowest BCUT2D eigenvalue weighted by Crippen LogP contribution is -2.48. The number of halogens is 1. The summed E-state index contributed by atoms with van der Waals surface area (Å²) in [5.41, 5.74) is 5.08. The number of aliphatic hydroxyl groups is 1. The third-order valence-electron chi connectivity index (χ3n) is 6.54. The SMILES string of the molecule is Cc1ccccc1OC[C@@H](O)CNC1CCN(C(=O)COc2ccc(C3=NNC(=O)CC3)cc2Cl)CC1. The molecule has 1 fully saturated rings. The third-order valence-corrected chi connectivity index (χ3v) is 6.83. The van der Waals surface area contributed by atoms with Crippen LogP contribution >= 0.6 is 11.6 Å². The van der Waals surface area contributed by atoms with E-state index in [0.29, 0.717) is 43.2 Å². The summed E-state index contributed by atoms with van der Waals surface area (Å²) in [5, 5.41) is 18.1. The van der Waals surface area contributed by atoms with E-state index in [0.717, 1.165) is 35.4 Å². The number of carbonyl (C=O) groups excluding carboxylic acids is 2. The number of nitrogens with one attached hydrogen (secondary N) is 2. The number of amides is 2. The molecule has 198 valence electrons. The van der Waals surface area contributed by atoms with Crippen molar-refractivity contribution in [3.8, 4) is 11.5 Å². The molecule has 0 bridgehead atoms. The van der Waals surface area contributed by atoms with Crippen molar-refractivity contribution in [2.24, 2.45) is 5.10 Å². The highest BCUT2D eigenvalue weighted by molar-refractivity contribution is 6.32. The summed E-state index contributed by atoms with van der Waals surface area (Å²) in [6.07, 6.45) is 1.91. The number of para-hydroxylation sites is 1. The maximum absolute atomic E-state index is 12.7. The fourth-order valence-electron chi connectivity index (χ4n) is 4.31. The Morgan fingerprint density at radius 1 is 1.19 bits per heavy atom. The number of hydrogen-bond acceptors (Lipinski definition) is 7. The molecule has 0 saturated carbocycles. The quantitative estimate of drug-likeness (QED) is 0.437. The van der Waals surface area contributed by atoms with Crippen LogP contribution in [-0.4, -0.2) is 72.5 Å². The molecular weight excluding hydrogens is 496 g/mol. The average Bonchev–Trinajstić information content (AvgIpc) is 2.91. The standard InChI is InChI=1S/C27H33ClN4O5/c1-18-4-2-3-5-24(18)36-16-21(33)15-29-20-10-12-32(13-11-20)27(35)17-37-25-8-6-19(14-22(25)28)23-7-9-26(34)31-30-23/h2-6,8,14,20-21,29,33H,7,9-13,15-17H2,1H3,(H,31,34)/t21-/m0/s1. The molecule has 1 saturated heterocycles. The summed E-state index contributed by atoms with van der Waals surface area (Å²) in [6, 6.07) is 13.2. The second-order valence-electron chi connectivity index (χ2n) is 9.32. The predicted molar refractivity (Wildman–Crippen MR) is 141 cm³/mol. The molecule has 0 spiro atoms. The van der Waals surface area contributed by atoms with Crippen molar-refractivity contribution in [3.05, 3.63) is 58.6 Å². The first kappa shape index (κ1) is 26.9. The molecule has 3 N–H and O–H groups in total. The summed E-state index contributed by atoms with van der Waals surface area (Å²) in [5.74, 6) is 1.01. The van der Waals surface area contributed by atoms with E-state index in [2.05, 4.69) is 15.8 Å². The summed E-state index contributed by atoms with van der Waals surface area (Å²) < 4.78 is 11.4.